The molecular weight excluding hydrogens is 174 g/mol. The number of hydrogen-bond acceptors (Lipinski definition) is 1. The molecule has 0 radical (unpaired) electrons. The third kappa shape index (κ3) is 2.56. The van der Waals surface area contributed by atoms with Gasteiger partial charge in [0.05, 0.1) is 21.1 Å². The molecule has 2 nitrogen and oxygen atoms in total. The van der Waals surface area contributed by atoms with Crippen LogP contribution in [-0.4, -0.2) is 36.8 Å². The highest BCUT2D eigenvalue weighted by molar-refractivity contribution is 5.18. The summed E-state index contributed by atoms with van der Waals surface area (Å²) in [7, 11) is 6.28. The van der Waals surface area contributed by atoms with Crippen LogP contribution in [0.1, 0.15) is 18.6 Å². The average Bonchev–Trinajstić information content (AvgIpc) is 2.15. The average molecular weight is 194 g/mol. The van der Waals surface area contributed by atoms with Crippen LogP contribution in [0.15, 0.2) is 30.3 Å². The van der Waals surface area contributed by atoms with Crippen molar-refractivity contribution >= 4 is 0 Å². The van der Waals surface area contributed by atoms with E-state index in [1.807, 2.05) is 30.3 Å². The maximum absolute atomic E-state index is 10.1. The van der Waals surface area contributed by atoms with Crippen LogP contribution in [-0.2, 0) is 0 Å². The monoisotopic (exact) mass is 194 g/mol. The summed E-state index contributed by atoms with van der Waals surface area (Å²) in [5.41, 5.74) is 0.994. The van der Waals surface area contributed by atoms with Gasteiger partial charge in [-0.1, -0.05) is 30.3 Å². The topological polar surface area (TPSA) is 20.2 Å². The molecule has 0 unspecified atom stereocenters. The van der Waals surface area contributed by atoms with Crippen molar-refractivity contribution in [3.63, 3.8) is 0 Å². The van der Waals surface area contributed by atoms with E-state index in [0.29, 0.717) is 0 Å². The molecule has 0 amide bonds. The Morgan fingerprint density at radius 2 is 1.57 bits per heavy atom. The Labute approximate surface area is 86.4 Å². The second-order valence-corrected chi connectivity index (χ2v) is 4.71. The highest BCUT2D eigenvalue weighted by atomic mass is 16.3. The molecule has 0 aliphatic carbocycles. The summed E-state index contributed by atoms with van der Waals surface area (Å²) in [5.74, 6) is 0. The first-order chi connectivity index (χ1) is 6.43. The van der Waals surface area contributed by atoms with Gasteiger partial charge in [-0.05, 0) is 12.5 Å². The Hall–Kier alpha value is -0.860. The van der Waals surface area contributed by atoms with Crippen LogP contribution in [0, 0.1) is 0 Å². The maximum atomic E-state index is 10.1. The molecule has 0 saturated carbocycles. The third-order valence-corrected chi connectivity index (χ3v) is 2.82. The fourth-order valence-corrected chi connectivity index (χ4v) is 1.35. The minimum absolute atomic E-state index is 0.192. The lowest BCUT2D eigenvalue weighted by Gasteiger charge is -2.34. The fraction of sp³-hybridized carbons (Fsp3) is 0.500. The summed E-state index contributed by atoms with van der Waals surface area (Å²) in [6, 6.07) is 10.0. The Morgan fingerprint density at radius 3 is 2.00 bits per heavy atom. The predicted molar refractivity (Wildman–Crippen MR) is 58.9 cm³/mol. The van der Waals surface area contributed by atoms with Crippen molar-refractivity contribution in [3.05, 3.63) is 35.9 Å². The quantitative estimate of drug-likeness (QED) is 0.728. The van der Waals surface area contributed by atoms with Gasteiger partial charge in [-0.15, -0.1) is 0 Å². The van der Waals surface area contributed by atoms with Crippen molar-refractivity contribution in [1.82, 2.24) is 0 Å². The fourth-order valence-electron chi connectivity index (χ4n) is 1.35. The molecule has 2 heteroatoms. The van der Waals surface area contributed by atoms with Gasteiger partial charge in [0.15, 0.2) is 0 Å². The van der Waals surface area contributed by atoms with Gasteiger partial charge < -0.3 is 9.59 Å². The molecule has 0 aliphatic heterocycles. The van der Waals surface area contributed by atoms with Gasteiger partial charge in [0, 0.05) is 0 Å². The van der Waals surface area contributed by atoms with Crippen molar-refractivity contribution < 1.29 is 9.59 Å². The van der Waals surface area contributed by atoms with Crippen molar-refractivity contribution in [1.29, 1.82) is 0 Å². The van der Waals surface area contributed by atoms with Gasteiger partial charge >= 0.3 is 0 Å². The summed E-state index contributed by atoms with van der Waals surface area (Å²) in [6.45, 7) is 2.07. The van der Waals surface area contributed by atoms with Crippen LogP contribution in [0.3, 0.4) is 0 Å². The van der Waals surface area contributed by atoms with E-state index in [1.165, 1.54) is 0 Å². The molecule has 0 spiro atoms. The normalized spacial score (nSPS) is 16.4. The Morgan fingerprint density at radius 1 is 1.07 bits per heavy atom. The summed E-state index contributed by atoms with van der Waals surface area (Å²) in [5, 5.41) is 10.1. The minimum atomic E-state index is -0.392. The van der Waals surface area contributed by atoms with Crippen molar-refractivity contribution in [2.24, 2.45) is 0 Å². The lowest BCUT2D eigenvalue weighted by molar-refractivity contribution is -0.898. The van der Waals surface area contributed by atoms with E-state index in [0.717, 1.165) is 10.0 Å². The lowest BCUT2D eigenvalue weighted by atomic mass is 10.0. The van der Waals surface area contributed by atoms with Crippen LogP contribution in [0.4, 0.5) is 0 Å². The number of quaternary nitrogens is 1. The van der Waals surface area contributed by atoms with Gasteiger partial charge in [0.1, 0.15) is 12.1 Å². The molecule has 1 rings (SSSR count). The molecule has 78 valence electrons. The first-order valence-corrected chi connectivity index (χ1v) is 4.97. The van der Waals surface area contributed by atoms with E-state index in [1.54, 1.807) is 0 Å². The van der Waals surface area contributed by atoms with Crippen molar-refractivity contribution in [2.75, 3.05) is 21.1 Å². The summed E-state index contributed by atoms with van der Waals surface area (Å²) in [6.07, 6.45) is -0.392. The molecule has 0 saturated heterocycles. The van der Waals surface area contributed by atoms with Gasteiger partial charge in [0.2, 0.25) is 0 Å². The zero-order valence-electron chi connectivity index (χ0n) is 9.44. The molecule has 1 aromatic rings. The predicted octanol–water partition coefficient (Wildman–Crippen LogP) is 1.81. The van der Waals surface area contributed by atoms with Crippen LogP contribution >= 0.6 is 0 Å². The minimum Gasteiger partial charge on any atom is -0.382 e. The van der Waals surface area contributed by atoms with Gasteiger partial charge in [-0.2, -0.15) is 0 Å². The number of hydrogen-bond donors (Lipinski definition) is 1. The van der Waals surface area contributed by atoms with Crippen LogP contribution in [0.25, 0.3) is 0 Å². The molecule has 2 atom stereocenters. The largest absolute Gasteiger partial charge is 0.382 e. The summed E-state index contributed by atoms with van der Waals surface area (Å²) >= 11 is 0. The van der Waals surface area contributed by atoms with E-state index in [2.05, 4.69) is 28.1 Å². The molecule has 1 N–H and O–H groups in total. The van der Waals surface area contributed by atoms with E-state index in [4.69, 9.17) is 0 Å². The zero-order valence-corrected chi connectivity index (χ0v) is 9.44. The Kier molecular flexibility index (Phi) is 3.29. The lowest BCUT2D eigenvalue weighted by Crippen LogP contribution is -2.46. The molecule has 0 heterocycles. The third-order valence-electron chi connectivity index (χ3n) is 2.82. The number of rotatable bonds is 3. The van der Waals surface area contributed by atoms with Gasteiger partial charge in [0.25, 0.3) is 0 Å². The Balaban J connectivity index is 2.81. The molecule has 0 fully saturated rings. The van der Waals surface area contributed by atoms with Gasteiger partial charge in [-0.3, -0.25) is 0 Å². The second kappa shape index (κ2) is 4.11. The maximum Gasteiger partial charge on any atom is 0.130 e. The van der Waals surface area contributed by atoms with Crippen LogP contribution in [0.5, 0.6) is 0 Å². The SMILES string of the molecule is C[C@H]([C@@H](O)c1ccccc1)[N+](C)(C)C. The molecular formula is C12H20NO+. The number of benzene rings is 1. The molecule has 14 heavy (non-hydrogen) atoms. The highest BCUT2D eigenvalue weighted by Crippen LogP contribution is 2.21. The van der Waals surface area contributed by atoms with E-state index in [-0.39, 0.29) is 6.04 Å². The standard InChI is InChI=1S/C12H20NO/c1-10(13(2,3)4)12(14)11-8-6-5-7-9-11/h5-10,12,14H,1-4H3/q+1/t10-,12-/m1/s1. The number of aliphatic hydroxyl groups is 1. The first kappa shape index (κ1) is 11.2. The summed E-state index contributed by atoms with van der Waals surface area (Å²) < 4.78 is 0.760. The molecule has 0 aliphatic rings. The number of aliphatic hydroxyl groups excluding tert-OH is 1. The van der Waals surface area contributed by atoms with E-state index < -0.39 is 6.10 Å². The number of likely N-dealkylation sites (N-methyl/N-ethyl adjacent to an activating group) is 1. The molecule has 0 aromatic heterocycles. The second-order valence-electron chi connectivity index (χ2n) is 4.71. The van der Waals surface area contributed by atoms with Crippen molar-refractivity contribution in [2.45, 2.75) is 19.1 Å². The number of nitrogens with zero attached hydrogens (tertiary/aromatic N) is 1. The van der Waals surface area contributed by atoms with Gasteiger partial charge in [-0.25, -0.2) is 0 Å². The van der Waals surface area contributed by atoms with Crippen molar-refractivity contribution in [3.8, 4) is 0 Å². The highest BCUT2D eigenvalue weighted by Gasteiger charge is 2.27. The van der Waals surface area contributed by atoms with Crippen LogP contribution in [0.2, 0.25) is 0 Å². The molecule has 1 aromatic carbocycles. The molecule has 0 bridgehead atoms. The smallest absolute Gasteiger partial charge is 0.130 e. The first-order valence-electron chi connectivity index (χ1n) is 4.97. The van der Waals surface area contributed by atoms with Crippen LogP contribution < -0.4 is 0 Å². The Bertz CT molecular complexity index is 276. The van der Waals surface area contributed by atoms with E-state index in [9.17, 15) is 5.11 Å². The zero-order chi connectivity index (χ0) is 10.8. The summed E-state index contributed by atoms with van der Waals surface area (Å²) in [4.78, 5) is 0. The van der Waals surface area contributed by atoms with E-state index >= 15 is 0 Å².